The number of benzene rings is 2. The molecule has 0 fully saturated rings. The van der Waals surface area contributed by atoms with Crippen LogP contribution in [-0.2, 0) is 17.6 Å². The number of nitrogens with zero attached hydrogens (tertiary/aromatic N) is 3. The van der Waals surface area contributed by atoms with E-state index in [9.17, 15) is 17.9 Å². The number of halogens is 2. The monoisotopic (exact) mass is 477 g/mol. The number of hydrogen-bond donors (Lipinski definition) is 1. The third-order valence-electron chi connectivity index (χ3n) is 4.23. The first kappa shape index (κ1) is 22.8. The van der Waals surface area contributed by atoms with E-state index in [0.29, 0.717) is 26.8 Å². The molecule has 0 spiro atoms. The second-order valence-corrected chi connectivity index (χ2v) is 8.82. The van der Waals surface area contributed by atoms with Crippen LogP contribution >= 0.6 is 22.9 Å². The van der Waals surface area contributed by atoms with Crippen LogP contribution in [0.25, 0.3) is 0 Å². The van der Waals surface area contributed by atoms with Crippen molar-refractivity contribution in [2.45, 2.75) is 13.5 Å². The molecule has 1 unspecified atom stereocenters. The van der Waals surface area contributed by atoms with E-state index in [1.807, 2.05) is 0 Å². The minimum Gasteiger partial charge on any atom is -0.771 e. The number of nitriles is 1. The summed E-state index contributed by atoms with van der Waals surface area (Å²) in [5.41, 5.74) is 1.90. The largest absolute Gasteiger partial charge is 0.771 e. The van der Waals surface area contributed by atoms with E-state index in [1.165, 1.54) is 23.5 Å². The van der Waals surface area contributed by atoms with E-state index in [0.717, 1.165) is 0 Å². The second kappa shape index (κ2) is 9.98. The average molecular weight is 478 g/mol. The van der Waals surface area contributed by atoms with Gasteiger partial charge in [-0.05, 0) is 60.0 Å². The molecule has 3 aromatic rings. The van der Waals surface area contributed by atoms with E-state index >= 15 is 0 Å². The first-order valence-corrected chi connectivity index (χ1v) is 11.3. The summed E-state index contributed by atoms with van der Waals surface area (Å²) in [4.78, 5) is 19.1. The van der Waals surface area contributed by atoms with Crippen LogP contribution in [0, 0.1) is 24.1 Å². The van der Waals surface area contributed by atoms with Gasteiger partial charge in [0.1, 0.15) is 11.5 Å². The number of carbonyl (C=O) groups excluding carboxylic acids is 1. The summed E-state index contributed by atoms with van der Waals surface area (Å²) < 4.78 is 34.9. The highest BCUT2D eigenvalue weighted by molar-refractivity contribution is 7.79. The number of amides is 1. The molecule has 7 nitrogen and oxygen atoms in total. The summed E-state index contributed by atoms with van der Waals surface area (Å²) in [5, 5.41) is 12.0. The number of carbonyl (C=O) groups is 1. The standard InChI is InChI=1S/C20H16ClFN4O3S2/c1-12-18(19(27)24-11-31(28)29)25-20(30-12)26(16-6-2-13(9-23)3-7-16)10-14-4-5-15(22)8-17(14)21/h2-8H,10-11H2,1H3,(H,24,27)(H,28,29)/p-1. The fraction of sp³-hybridized carbons (Fsp3) is 0.150. The van der Waals surface area contributed by atoms with Crippen LogP contribution in [0.4, 0.5) is 15.2 Å². The smallest absolute Gasteiger partial charge is 0.271 e. The van der Waals surface area contributed by atoms with Gasteiger partial charge in [-0.25, -0.2) is 9.37 Å². The molecule has 0 radical (unpaired) electrons. The highest BCUT2D eigenvalue weighted by atomic mass is 35.5. The lowest BCUT2D eigenvalue weighted by atomic mass is 10.1. The van der Waals surface area contributed by atoms with Crippen LogP contribution in [0.15, 0.2) is 42.5 Å². The van der Waals surface area contributed by atoms with Gasteiger partial charge >= 0.3 is 0 Å². The fourth-order valence-corrected chi connectivity index (χ4v) is 4.12. The van der Waals surface area contributed by atoms with E-state index in [2.05, 4.69) is 16.4 Å². The Balaban J connectivity index is 1.99. The number of anilines is 2. The van der Waals surface area contributed by atoms with Crippen molar-refractivity contribution in [2.24, 2.45) is 0 Å². The van der Waals surface area contributed by atoms with Gasteiger partial charge in [0.05, 0.1) is 24.1 Å². The van der Waals surface area contributed by atoms with Gasteiger partial charge in [-0.1, -0.05) is 17.7 Å². The Morgan fingerprint density at radius 2 is 2.06 bits per heavy atom. The third-order valence-corrected chi connectivity index (χ3v) is 5.96. The third kappa shape index (κ3) is 5.65. The Morgan fingerprint density at radius 1 is 1.35 bits per heavy atom. The predicted molar refractivity (Wildman–Crippen MR) is 117 cm³/mol. The fourth-order valence-electron chi connectivity index (χ4n) is 2.72. The van der Waals surface area contributed by atoms with Crippen molar-refractivity contribution in [3.05, 3.63) is 75.0 Å². The van der Waals surface area contributed by atoms with Gasteiger partial charge in [0.25, 0.3) is 5.91 Å². The number of rotatable bonds is 7. The topological polar surface area (TPSA) is 109 Å². The normalized spacial score (nSPS) is 11.6. The highest BCUT2D eigenvalue weighted by Gasteiger charge is 2.21. The van der Waals surface area contributed by atoms with Crippen LogP contribution < -0.4 is 10.2 Å². The van der Waals surface area contributed by atoms with Gasteiger partial charge < -0.3 is 14.8 Å². The maximum absolute atomic E-state index is 13.5. The molecule has 2 aromatic carbocycles. The average Bonchev–Trinajstić information content (AvgIpc) is 3.13. The number of aryl methyl sites for hydroxylation is 1. The Bertz CT molecular complexity index is 1180. The quantitative estimate of drug-likeness (QED) is 0.515. The molecule has 0 aliphatic rings. The molecule has 160 valence electrons. The highest BCUT2D eigenvalue weighted by Crippen LogP contribution is 2.34. The van der Waals surface area contributed by atoms with Gasteiger partial charge in [-0.3, -0.25) is 9.00 Å². The molecule has 1 aromatic heterocycles. The molecule has 1 amide bonds. The summed E-state index contributed by atoms with van der Waals surface area (Å²) in [6.07, 6.45) is 0. The molecule has 3 rings (SSSR count). The molecule has 11 heteroatoms. The maximum Gasteiger partial charge on any atom is 0.271 e. The van der Waals surface area contributed by atoms with E-state index < -0.39 is 28.7 Å². The molecule has 1 heterocycles. The summed E-state index contributed by atoms with van der Waals surface area (Å²) in [6, 6.07) is 12.9. The predicted octanol–water partition coefficient (Wildman–Crippen LogP) is 4.02. The van der Waals surface area contributed by atoms with Crippen molar-refractivity contribution in [1.82, 2.24) is 10.3 Å². The van der Waals surface area contributed by atoms with E-state index in [-0.39, 0.29) is 17.3 Å². The first-order chi connectivity index (χ1) is 14.8. The van der Waals surface area contributed by atoms with Crippen molar-refractivity contribution in [2.75, 3.05) is 10.8 Å². The second-order valence-electron chi connectivity index (χ2n) is 6.34. The SMILES string of the molecule is Cc1sc(N(Cc2ccc(F)cc2Cl)c2ccc(C#N)cc2)nc1C(=O)NCS(=O)[O-]. The van der Waals surface area contributed by atoms with Gasteiger partial charge in [0.15, 0.2) is 5.13 Å². The molecular weight excluding hydrogens is 463 g/mol. The van der Waals surface area contributed by atoms with Crippen LogP contribution in [0.2, 0.25) is 5.02 Å². The summed E-state index contributed by atoms with van der Waals surface area (Å²) in [6.45, 7) is 1.93. The summed E-state index contributed by atoms with van der Waals surface area (Å²) in [5.74, 6) is -1.59. The van der Waals surface area contributed by atoms with Crippen molar-refractivity contribution < 1.29 is 17.9 Å². The molecule has 0 saturated carbocycles. The molecular formula is C20H15ClFN4O3S2-. The van der Waals surface area contributed by atoms with Crippen molar-refractivity contribution in [1.29, 1.82) is 5.26 Å². The summed E-state index contributed by atoms with van der Waals surface area (Å²) >= 11 is 5.02. The number of thiazole rings is 1. The number of nitrogens with one attached hydrogen (secondary N) is 1. The molecule has 31 heavy (non-hydrogen) atoms. The Kier molecular flexibility index (Phi) is 7.35. The van der Waals surface area contributed by atoms with Crippen LogP contribution in [0.5, 0.6) is 0 Å². The van der Waals surface area contributed by atoms with Crippen molar-refractivity contribution >= 4 is 50.7 Å². The zero-order valence-corrected chi connectivity index (χ0v) is 18.5. The van der Waals surface area contributed by atoms with Gasteiger partial charge in [-0.2, -0.15) is 5.26 Å². The number of hydrogen-bond acceptors (Lipinski definition) is 7. The van der Waals surface area contributed by atoms with Crippen LogP contribution in [0.1, 0.15) is 26.5 Å². The van der Waals surface area contributed by atoms with Crippen molar-refractivity contribution in [3.8, 4) is 6.07 Å². The Morgan fingerprint density at radius 3 is 2.68 bits per heavy atom. The van der Waals surface area contributed by atoms with Gasteiger partial charge in [0.2, 0.25) is 0 Å². The molecule has 0 aliphatic carbocycles. The first-order valence-electron chi connectivity index (χ1n) is 8.81. The zero-order valence-electron chi connectivity index (χ0n) is 16.1. The van der Waals surface area contributed by atoms with Crippen LogP contribution in [0.3, 0.4) is 0 Å². The molecule has 1 atom stereocenters. The van der Waals surface area contributed by atoms with E-state index in [4.69, 9.17) is 16.9 Å². The van der Waals surface area contributed by atoms with Crippen molar-refractivity contribution in [3.63, 3.8) is 0 Å². The molecule has 1 N–H and O–H groups in total. The lowest BCUT2D eigenvalue weighted by molar-refractivity contribution is 0.0955. The maximum atomic E-state index is 13.5. The van der Waals surface area contributed by atoms with Crippen LogP contribution in [-0.4, -0.2) is 25.5 Å². The zero-order chi connectivity index (χ0) is 22.5. The summed E-state index contributed by atoms with van der Waals surface area (Å²) in [7, 11) is 0. The van der Waals surface area contributed by atoms with Gasteiger partial charge in [-0.15, -0.1) is 11.3 Å². The molecule has 0 bridgehead atoms. The lowest BCUT2D eigenvalue weighted by Gasteiger charge is -2.23. The van der Waals surface area contributed by atoms with E-state index in [1.54, 1.807) is 42.2 Å². The lowest BCUT2D eigenvalue weighted by Crippen LogP contribution is -2.27. The minimum atomic E-state index is -2.42. The minimum absolute atomic E-state index is 0.106. The van der Waals surface area contributed by atoms with Gasteiger partial charge in [0, 0.05) is 15.6 Å². The molecule has 0 aliphatic heterocycles. The molecule has 0 saturated heterocycles. The Labute approximate surface area is 189 Å². The Hall–Kier alpha value is -2.84. The number of aromatic nitrogens is 1.